The van der Waals surface area contributed by atoms with Gasteiger partial charge in [0.25, 0.3) is 5.56 Å². The fourth-order valence-corrected chi connectivity index (χ4v) is 2.70. The maximum absolute atomic E-state index is 12.4. The number of amides is 1. The van der Waals surface area contributed by atoms with Gasteiger partial charge in [-0.1, -0.05) is 12.1 Å². The molecule has 2 heterocycles. The molecule has 0 atom stereocenters. The largest absolute Gasteiger partial charge is 0.477 e. The highest BCUT2D eigenvalue weighted by Gasteiger charge is 2.21. The van der Waals surface area contributed by atoms with Gasteiger partial charge in [0.05, 0.1) is 30.5 Å². The van der Waals surface area contributed by atoms with Gasteiger partial charge in [0, 0.05) is 18.7 Å². The molecule has 0 unspecified atom stereocenters. The summed E-state index contributed by atoms with van der Waals surface area (Å²) in [6.45, 7) is 1.30. The van der Waals surface area contributed by atoms with E-state index in [-0.39, 0.29) is 18.1 Å². The van der Waals surface area contributed by atoms with Gasteiger partial charge in [-0.15, -0.1) is 0 Å². The number of benzene rings is 1. The van der Waals surface area contributed by atoms with Crippen molar-refractivity contribution in [2.24, 2.45) is 0 Å². The van der Waals surface area contributed by atoms with Crippen molar-refractivity contribution in [3.63, 3.8) is 0 Å². The Hall–Kier alpha value is -3.51. The van der Waals surface area contributed by atoms with Gasteiger partial charge >= 0.3 is 5.97 Å². The highest BCUT2D eigenvalue weighted by Crippen LogP contribution is 2.17. The van der Waals surface area contributed by atoms with E-state index in [0.29, 0.717) is 37.4 Å². The number of ether oxygens (including phenoxy) is 1. The number of carboxylic acid groups (broad SMARTS) is 1. The summed E-state index contributed by atoms with van der Waals surface area (Å²) in [7, 11) is 0. The van der Waals surface area contributed by atoms with Crippen LogP contribution in [0.4, 0.5) is 0 Å². The van der Waals surface area contributed by atoms with E-state index >= 15 is 0 Å². The molecule has 1 N–H and O–H groups in total. The molecule has 1 saturated heterocycles. The Labute approximate surface area is 154 Å². The molecule has 3 rings (SSSR count). The molecule has 1 amide bonds. The Morgan fingerprint density at radius 2 is 1.89 bits per heavy atom. The first-order valence-electron chi connectivity index (χ1n) is 8.21. The molecule has 0 bridgehead atoms. The molecular weight excluding hydrogens is 352 g/mol. The monoisotopic (exact) mass is 368 g/mol. The molecule has 1 aliphatic rings. The lowest BCUT2D eigenvalue weighted by molar-refractivity contribution is -0.136. The van der Waals surface area contributed by atoms with Crippen LogP contribution in [-0.2, 0) is 16.1 Å². The number of nitrogens with zero attached hydrogens (tertiary/aromatic N) is 4. The van der Waals surface area contributed by atoms with Crippen molar-refractivity contribution in [1.29, 1.82) is 5.26 Å². The minimum Gasteiger partial charge on any atom is -0.477 e. The van der Waals surface area contributed by atoms with Crippen LogP contribution in [0.25, 0.3) is 11.3 Å². The van der Waals surface area contributed by atoms with Gasteiger partial charge in [0.15, 0.2) is 0 Å². The number of hydrogen-bond donors (Lipinski definition) is 1. The number of aromatic carboxylic acids is 1. The Balaban J connectivity index is 1.98. The van der Waals surface area contributed by atoms with Gasteiger partial charge in [-0.2, -0.15) is 10.4 Å². The minimum absolute atomic E-state index is 0.228. The molecule has 2 aromatic rings. The molecule has 138 valence electrons. The van der Waals surface area contributed by atoms with Crippen LogP contribution in [0, 0.1) is 11.3 Å². The number of morpholine rings is 1. The number of carboxylic acids is 1. The molecule has 1 aromatic carbocycles. The average Bonchev–Trinajstić information content (AvgIpc) is 2.70. The third kappa shape index (κ3) is 4.02. The van der Waals surface area contributed by atoms with Crippen molar-refractivity contribution < 1.29 is 19.4 Å². The van der Waals surface area contributed by atoms with Crippen molar-refractivity contribution in [3.8, 4) is 17.3 Å². The predicted molar refractivity (Wildman–Crippen MR) is 93.0 cm³/mol. The van der Waals surface area contributed by atoms with E-state index in [0.717, 1.165) is 4.68 Å². The second kappa shape index (κ2) is 7.80. The van der Waals surface area contributed by atoms with Gasteiger partial charge in [-0.05, 0) is 18.2 Å². The number of rotatable bonds is 4. The van der Waals surface area contributed by atoms with Crippen LogP contribution in [-0.4, -0.2) is 58.0 Å². The maximum atomic E-state index is 12.4. The van der Waals surface area contributed by atoms with Crippen LogP contribution in [0.1, 0.15) is 15.9 Å². The lowest BCUT2D eigenvalue weighted by atomic mass is 10.1. The van der Waals surface area contributed by atoms with Gasteiger partial charge in [0.1, 0.15) is 12.1 Å². The molecule has 1 aliphatic heterocycles. The summed E-state index contributed by atoms with van der Waals surface area (Å²) in [5.41, 5.74) is -0.121. The Kier molecular flexibility index (Phi) is 5.28. The zero-order valence-corrected chi connectivity index (χ0v) is 14.3. The number of hydrogen-bond acceptors (Lipinski definition) is 6. The van der Waals surface area contributed by atoms with Crippen molar-refractivity contribution in [1.82, 2.24) is 14.7 Å². The average molecular weight is 368 g/mol. The third-order valence-electron chi connectivity index (χ3n) is 4.16. The Morgan fingerprint density at radius 1 is 1.22 bits per heavy atom. The number of carbonyl (C=O) groups excluding carboxylic acids is 1. The molecule has 0 aliphatic carbocycles. The summed E-state index contributed by atoms with van der Waals surface area (Å²) in [5.74, 6) is -1.73. The van der Waals surface area contributed by atoms with Crippen LogP contribution in [0.15, 0.2) is 35.1 Å². The SMILES string of the molecule is N#Cc1ccc(-c2cc(C(=O)O)c(=O)n(CC(=O)N3CCOCC3)n2)cc1. The fourth-order valence-electron chi connectivity index (χ4n) is 2.70. The lowest BCUT2D eigenvalue weighted by Gasteiger charge is -2.26. The van der Waals surface area contributed by atoms with Crippen molar-refractivity contribution in [2.45, 2.75) is 6.54 Å². The van der Waals surface area contributed by atoms with Gasteiger partial charge in [-0.25, -0.2) is 9.48 Å². The highest BCUT2D eigenvalue weighted by atomic mass is 16.5. The zero-order valence-electron chi connectivity index (χ0n) is 14.3. The standard InChI is InChI=1S/C18H16N4O5/c19-10-12-1-3-13(4-2-12)15-9-14(18(25)26)17(24)22(20-15)11-16(23)21-5-7-27-8-6-21/h1-4,9H,5-8,11H2,(H,25,26). The van der Waals surface area contributed by atoms with Crippen LogP contribution >= 0.6 is 0 Å². The molecule has 0 radical (unpaired) electrons. The van der Waals surface area contributed by atoms with Crippen LogP contribution in [0.5, 0.6) is 0 Å². The number of nitriles is 1. The summed E-state index contributed by atoms with van der Waals surface area (Å²) in [4.78, 5) is 37.8. The van der Waals surface area contributed by atoms with E-state index in [1.807, 2.05) is 6.07 Å². The maximum Gasteiger partial charge on any atom is 0.341 e. The molecule has 27 heavy (non-hydrogen) atoms. The van der Waals surface area contributed by atoms with Crippen molar-refractivity contribution >= 4 is 11.9 Å². The van der Waals surface area contributed by atoms with Gasteiger partial charge in [0.2, 0.25) is 5.91 Å². The summed E-state index contributed by atoms with van der Waals surface area (Å²) in [5, 5.41) is 22.4. The molecule has 0 saturated carbocycles. The first-order chi connectivity index (χ1) is 13.0. The van der Waals surface area contributed by atoms with E-state index in [1.54, 1.807) is 29.2 Å². The predicted octanol–water partition coefficient (Wildman–Crippen LogP) is 0.339. The molecule has 0 spiro atoms. The smallest absolute Gasteiger partial charge is 0.341 e. The topological polar surface area (TPSA) is 126 Å². The molecule has 9 heteroatoms. The lowest BCUT2D eigenvalue weighted by Crippen LogP contribution is -2.44. The van der Waals surface area contributed by atoms with E-state index < -0.39 is 17.1 Å². The van der Waals surface area contributed by atoms with E-state index in [4.69, 9.17) is 10.00 Å². The summed E-state index contributed by atoms with van der Waals surface area (Å²) in [6, 6.07) is 9.48. The summed E-state index contributed by atoms with van der Waals surface area (Å²) < 4.78 is 6.06. The fraction of sp³-hybridized carbons (Fsp3) is 0.278. The Morgan fingerprint density at radius 3 is 2.48 bits per heavy atom. The second-order valence-electron chi connectivity index (χ2n) is 5.89. The third-order valence-corrected chi connectivity index (χ3v) is 4.16. The van der Waals surface area contributed by atoms with Gasteiger partial charge < -0.3 is 14.7 Å². The van der Waals surface area contributed by atoms with Gasteiger partial charge in [-0.3, -0.25) is 9.59 Å². The first-order valence-corrected chi connectivity index (χ1v) is 8.21. The molecular formula is C18H16N4O5. The first kappa shape index (κ1) is 18.3. The number of aromatic nitrogens is 2. The van der Waals surface area contributed by atoms with Crippen molar-refractivity contribution in [3.05, 3.63) is 51.8 Å². The van der Waals surface area contributed by atoms with Crippen LogP contribution in [0.2, 0.25) is 0 Å². The van der Waals surface area contributed by atoms with E-state index in [1.165, 1.54) is 6.07 Å². The van der Waals surface area contributed by atoms with E-state index in [2.05, 4.69) is 5.10 Å². The number of carbonyl (C=O) groups is 2. The summed E-state index contributed by atoms with van der Waals surface area (Å²) in [6.07, 6.45) is 0. The molecule has 9 nitrogen and oxygen atoms in total. The normalized spacial score (nSPS) is 13.8. The van der Waals surface area contributed by atoms with Crippen LogP contribution in [0.3, 0.4) is 0 Å². The van der Waals surface area contributed by atoms with E-state index in [9.17, 15) is 19.5 Å². The highest BCUT2D eigenvalue weighted by molar-refractivity contribution is 5.88. The quantitative estimate of drug-likeness (QED) is 0.825. The van der Waals surface area contributed by atoms with Crippen molar-refractivity contribution in [2.75, 3.05) is 26.3 Å². The molecule has 1 fully saturated rings. The summed E-state index contributed by atoms with van der Waals surface area (Å²) >= 11 is 0. The Bertz CT molecular complexity index is 969. The minimum atomic E-state index is -1.40. The zero-order chi connectivity index (χ0) is 19.4. The van der Waals surface area contributed by atoms with Crippen LogP contribution < -0.4 is 5.56 Å². The molecule has 1 aromatic heterocycles. The second-order valence-corrected chi connectivity index (χ2v) is 5.89.